The van der Waals surface area contributed by atoms with Gasteiger partial charge in [-0.2, -0.15) is 5.10 Å². The Morgan fingerprint density at radius 2 is 1.93 bits per heavy atom. The zero-order chi connectivity index (χ0) is 19.0. The van der Waals surface area contributed by atoms with Crippen LogP contribution < -0.4 is 0 Å². The Morgan fingerprint density at radius 3 is 2.78 bits per heavy atom. The Bertz CT molecular complexity index is 993. The van der Waals surface area contributed by atoms with E-state index in [1.54, 1.807) is 0 Å². The lowest BCUT2D eigenvalue weighted by molar-refractivity contribution is -0.131. The summed E-state index contributed by atoms with van der Waals surface area (Å²) < 4.78 is 1.93. The first kappa shape index (κ1) is 17.9. The molecule has 1 aliphatic rings. The van der Waals surface area contributed by atoms with Gasteiger partial charge in [-0.05, 0) is 58.0 Å². The van der Waals surface area contributed by atoms with Crippen molar-refractivity contribution in [2.24, 2.45) is 0 Å². The standard InChI is InChI=1S/C21H27N5O/c1-15-17(9-10-20(27)25-12-6-11-24(3)13-14-25)16(2)26-21(22-15)18-7-4-5-8-19(18)23-26/h4-5,7-8H,6,9-14H2,1-3H3. The molecule has 6 heteroatoms. The van der Waals surface area contributed by atoms with E-state index in [0.29, 0.717) is 12.8 Å². The molecule has 0 aliphatic carbocycles. The number of fused-ring (bicyclic) bond motifs is 3. The maximum Gasteiger partial charge on any atom is 0.222 e. The highest BCUT2D eigenvalue weighted by Gasteiger charge is 2.19. The number of carbonyl (C=O) groups is 1. The topological polar surface area (TPSA) is 53.7 Å². The number of carbonyl (C=O) groups excluding carboxylic acids is 1. The third-order valence-corrected chi connectivity index (χ3v) is 5.68. The molecule has 1 aliphatic heterocycles. The van der Waals surface area contributed by atoms with Gasteiger partial charge in [-0.25, -0.2) is 9.50 Å². The lowest BCUT2D eigenvalue weighted by Crippen LogP contribution is -2.34. The average molecular weight is 365 g/mol. The largest absolute Gasteiger partial charge is 0.341 e. The summed E-state index contributed by atoms with van der Waals surface area (Å²) in [6.07, 6.45) is 2.29. The van der Waals surface area contributed by atoms with Crippen molar-refractivity contribution in [3.63, 3.8) is 0 Å². The molecule has 0 bridgehead atoms. The second kappa shape index (κ2) is 7.27. The van der Waals surface area contributed by atoms with Gasteiger partial charge in [0.1, 0.15) is 0 Å². The highest BCUT2D eigenvalue weighted by molar-refractivity contribution is 5.92. The van der Waals surface area contributed by atoms with Crippen molar-refractivity contribution >= 4 is 22.5 Å². The van der Waals surface area contributed by atoms with Gasteiger partial charge in [0.15, 0.2) is 5.65 Å². The molecule has 1 saturated heterocycles. The minimum Gasteiger partial charge on any atom is -0.341 e. The summed E-state index contributed by atoms with van der Waals surface area (Å²) in [5.41, 5.74) is 5.06. The molecule has 2 aromatic heterocycles. The summed E-state index contributed by atoms with van der Waals surface area (Å²) in [6.45, 7) is 7.83. The smallest absolute Gasteiger partial charge is 0.222 e. The normalized spacial score (nSPS) is 16.2. The number of amides is 1. The van der Waals surface area contributed by atoms with Crippen molar-refractivity contribution < 1.29 is 4.79 Å². The monoisotopic (exact) mass is 365 g/mol. The lowest BCUT2D eigenvalue weighted by Gasteiger charge is -2.21. The Balaban J connectivity index is 1.57. The molecule has 0 unspecified atom stereocenters. The van der Waals surface area contributed by atoms with E-state index in [4.69, 9.17) is 10.1 Å². The van der Waals surface area contributed by atoms with E-state index in [9.17, 15) is 4.79 Å². The van der Waals surface area contributed by atoms with Crippen LogP contribution in [0.15, 0.2) is 24.3 Å². The van der Waals surface area contributed by atoms with Gasteiger partial charge in [0.05, 0.1) is 5.52 Å². The van der Waals surface area contributed by atoms with Crippen LogP contribution in [0.5, 0.6) is 0 Å². The van der Waals surface area contributed by atoms with E-state index < -0.39 is 0 Å². The number of nitrogens with zero attached hydrogens (tertiary/aromatic N) is 5. The SMILES string of the molecule is Cc1nc2c3ccccc3nn2c(C)c1CCC(=O)N1CCCN(C)CC1. The third kappa shape index (κ3) is 3.41. The van der Waals surface area contributed by atoms with Crippen LogP contribution in [0.25, 0.3) is 16.6 Å². The predicted molar refractivity (Wildman–Crippen MR) is 107 cm³/mol. The summed E-state index contributed by atoms with van der Waals surface area (Å²) >= 11 is 0. The van der Waals surface area contributed by atoms with E-state index in [0.717, 1.165) is 66.1 Å². The molecule has 1 amide bonds. The Labute approximate surface area is 159 Å². The van der Waals surface area contributed by atoms with E-state index in [-0.39, 0.29) is 5.91 Å². The fourth-order valence-corrected chi connectivity index (χ4v) is 4.02. The van der Waals surface area contributed by atoms with Crippen LogP contribution in [0.1, 0.15) is 29.8 Å². The molecule has 0 saturated carbocycles. The molecule has 142 valence electrons. The molecule has 1 fully saturated rings. The molecule has 6 nitrogen and oxygen atoms in total. The molecule has 3 aromatic rings. The molecule has 0 atom stereocenters. The van der Waals surface area contributed by atoms with Crippen molar-refractivity contribution in [1.29, 1.82) is 0 Å². The average Bonchev–Trinajstić information content (AvgIpc) is 2.88. The van der Waals surface area contributed by atoms with E-state index in [1.165, 1.54) is 0 Å². The minimum absolute atomic E-state index is 0.245. The first-order chi connectivity index (χ1) is 13.0. The second-order valence-corrected chi connectivity index (χ2v) is 7.55. The van der Waals surface area contributed by atoms with E-state index in [1.807, 2.05) is 34.5 Å². The minimum atomic E-state index is 0.245. The number of hydrogen-bond donors (Lipinski definition) is 0. The number of likely N-dealkylation sites (N-methyl/N-ethyl adjacent to an activating group) is 1. The summed E-state index contributed by atoms with van der Waals surface area (Å²) in [6, 6.07) is 8.08. The van der Waals surface area contributed by atoms with Gasteiger partial charge in [0, 0.05) is 42.8 Å². The molecular formula is C21H27N5O. The van der Waals surface area contributed by atoms with Crippen LogP contribution in [-0.4, -0.2) is 63.5 Å². The van der Waals surface area contributed by atoms with Crippen molar-refractivity contribution in [3.05, 3.63) is 41.2 Å². The zero-order valence-electron chi connectivity index (χ0n) is 16.4. The second-order valence-electron chi connectivity index (χ2n) is 7.55. The number of rotatable bonds is 3. The van der Waals surface area contributed by atoms with Gasteiger partial charge in [-0.1, -0.05) is 12.1 Å². The molecule has 0 radical (unpaired) electrons. The molecule has 0 N–H and O–H groups in total. The fourth-order valence-electron chi connectivity index (χ4n) is 4.02. The van der Waals surface area contributed by atoms with E-state index >= 15 is 0 Å². The van der Waals surface area contributed by atoms with Crippen LogP contribution >= 0.6 is 0 Å². The van der Waals surface area contributed by atoms with Crippen LogP contribution in [0.2, 0.25) is 0 Å². The van der Waals surface area contributed by atoms with Crippen molar-refractivity contribution in [1.82, 2.24) is 24.4 Å². The quantitative estimate of drug-likeness (QED) is 0.716. The van der Waals surface area contributed by atoms with Gasteiger partial charge in [0.2, 0.25) is 5.91 Å². The highest BCUT2D eigenvalue weighted by Crippen LogP contribution is 2.23. The van der Waals surface area contributed by atoms with Crippen LogP contribution in [0.3, 0.4) is 0 Å². The van der Waals surface area contributed by atoms with Crippen LogP contribution in [0, 0.1) is 13.8 Å². The van der Waals surface area contributed by atoms with Gasteiger partial charge in [0.25, 0.3) is 0 Å². The molecule has 3 heterocycles. The number of hydrogen-bond acceptors (Lipinski definition) is 4. The maximum absolute atomic E-state index is 12.7. The third-order valence-electron chi connectivity index (χ3n) is 5.68. The summed E-state index contributed by atoms with van der Waals surface area (Å²) in [5.74, 6) is 0.245. The molecule has 0 spiro atoms. The number of aromatic nitrogens is 3. The lowest BCUT2D eigenvalue weighted by atomic mass is 10.1. The first-order valence-corrected chi connectivity index (χ1v) is 9.74. The number of benzene rings is 1. The Kier molecular flexibility index (Phi) is 4.83. The van der Waals surface area contributed by atoms with Gasteiger partial charge >= 0.3 is 0 Å². The van der Waals surface area contributed by atoms with Gasteiger partial charge < -0.3 is 9.80 Å². The molecular weight excluding hydrogens is 338 g/mol. The van der Waals surface area contributed by atoms with Crippen molar-refractivity contribution in [3.8, 4) is 0 Å². The number of aryl methyl sites for hydroxylation is 2. The van der Waals surface area contributed by atoms with Gasteiger partial charge in [-0.3, -0.25) is 4.79 Å². The summed E-state index contributed by atoms with van der Waals surface area (Å²) in [5, 5.41) is 5.78. The summed E-state index contributed by atoms with van der Waals surface area (Å²) in [7, 11) is 2.12. The van der Waals surface area contributed by atoms with Crippen molar-refractivity contribution in [2.75, 3.05) is 33.2 Å². The Morgan fingerprint density at radius 1 is 1.11 bits per heavy atom. The molecule has 27 heavy (non-hydrogen) atoms. The van der Waals surface area contributed by atoms with Crippen LogP contribution in [-0.2, 0) is 11.2 Å². The van der Waals surface area contributed by atoms with Gasteiger partial charge in [-0.15, -0.1) is 0 Å². The fraction of sp³-hybridized carbons (Fsp3) is 0.476. The molecule has 1 aromatic carbocycles. The van der Waals surface area contributed by atoms with Crippen LogP contribution in [0.4, 0.5) is 0 Å². The van der Waals surface area contributed by atoms with Crippen molar-refractivity contribution in [2.45, 2.75) is 33.1 Å². The van der Waals surface area contributed by atoms with E-state index in [2.05, 4.69) is 24.9 Å². The predicted octanol–water partition coefficient (Wildman–Crippen LogP) is 2.60. The first-order valence-electron chi connectivity index (χ1n) is 9.74. The summed E-state index contributed by atoms with van der Waals surface area (Å²) in [4.78, 5) is 21.8. The maximum atomic E-state index is 12.7. The Hall–Kier alpha value is -2.47. The zero-order valence-corrected chi connectivity index (χ0v) is 16.4. The highest BCUT2D eigenvalue weighted by atomic mass is 16.2. The molecule has 4 rings (SSSR count).